The maximum atomic E-state index is 7.39. The van der Waals surface area contributed by atoms with Crippen molar-refractivity contribution in [1.82, 2.24) is 0 Å². The van der Waals surface area contributed by atoms with Crippen LogP contribution in [0.3, 0.4) is 0 Å². The molecule has 0 fully saturated rings. The van der Waals surface area contributed by atoms with Crippen molar-refractivity contribution >= 4 is 11.3 Å². The Morgan fingerprint density at radius 3 is 1.83 bits per heavy atom. The van der Waals surface area contributed by atoms with Gasteiger partial charge in [-0.05, 0) is 25.0 Å². The molecule has 1 nitrogen and oxygen atoms in total. The zero-order valence-corrected chi connectivity index (χ0v) is 7.52. The Bertz CT molecular complexity index is 273. The van der Waals surface area contributed by atoms with Crippen LogP contribution in [-0.2, 0) is 0 Å². The summed E-state index contributed by atoms with van der Waals surface area (Å²) >= 11 is 0. The van der Waals surface area contributed by atoms with Crippen molar-refractivity contribution in [2.24, 2.45) is 0 Å². The van der Waals surface area contributed by atoms with E-state index >= 15 is 0 Å². The lowest BCUT2D eigenvalue weighted by Gasteiger charge is -2.01. The van der Waals surface area contributed by atoms with Gasteiger partial charge in [0.05, 0.1) is 0 Å². The molecule has 0 aliphatic rings. The predicted octanol–water partition coefficient (Wildman–Crippen LogP) is 3.11. The van der Waals surface area contributed by atoms with Crippen LogP contribution in [0.5, 0.6) is 0 Å². The largest absolute Gasteiger partial charge is 0.305 e. The third-order valence-electron chi connectivity index (χ3n) is 1.81. The van der Waals surface area contributed by atoms with Gasteiger partial charge in [0.2, 0.25) is 0 Å². The third-order valence-corrected chi connectivity index (χ3v) is 1.81. The van der Waals surface area contributed by atoms with Gasteiger partial charge in [-0.25, -0.2) is 0 Å². The SMILES string of the molecule is C=C(C)c1ccc(C(C)=N)cc1. The molecule has 1 aromatic carbocycles. The van der Waals surface area contributed by atoms with Gasteiger partial charge in [-0.3, -0.25) is 0 Å². The van der Waals surface area contributed by atoms with Gasteiger partial charge < -0.3 is 5.41 Å². The van der Waals surface area contributed by atoms with Gasteiger partial charge in [0.15, 0.2) is 0 Å². The van der Waals surface area contributed by atoms with Crippen molar-refractivity contribution in [1.29, 1.82) is 5.41 Å². The number of rotatable bonds is 2. The minimum atomic E-state index is 0.600. The second-order valence-electron chi connectivity index (χ2n) is 2.98. The van der Waals surface area contributed by atoms with E-state index in [1.165, 1.54) is 0 Å². The van der Waals surface area contributed by atoms with Crippen molar-refractivity contribution in [3.05, 3.63) is 42.0 Å². The van der Waals surface area contributed by atoms with Crippen LogP contribution in [0, 0.1) is 5.41 Å². The highest BCUT2D eigenvalue weighted by atomic mass is 14.4. The van der Waals surface area contributed by atoms with Crippen LogP contribution >= 0.6 is 0 Å². The number of hydrogen-bond donors (Lipinski definition) is 1. The summed E-state index contributed by atoms with van der Waals surface area (Å²) in [4.78, 5) is 0. The minimum absolute atomic E-state index is 0.600. The maximum Gasteiger partial charge on any atom is 0.0355 e. The molecular formula is C11H13N. The number of allylic oxidation sites excluding steroid dienone is 1. The van der Waals surface area contributed by atoms with E-state index in [0.717, 1.165) is 16.7 Å². The van der Waals surface area contributed by atoms with Gasteiger partial charge >= 0.3 is 0 Å². The Kier molecular flexibility index (Phi) is 2.44. The second kappa shape index (κ2) is 3.35. The molecule has 1 heteroatoms. The van der Waals surface area contributed by atoms with Crippen LogP contribution < -0.4 is 0 Å². The van der Waals surface area contributed by atoms with Gasteiger partial charge in [0.25, 0.3) is 0 Å². The van der Waals surface area contributed by atoms with Crippen LogP contribution in [0.1, 0.15) is 25.0 Å². The quantitative estimate of drug-likeness (QED) is 0.641. The third kappa shape index (κ3) is 1.82. The summed E-state index contributed by atoms with van der Waals surface area (Å²) in [5, 5.41) is 7.39. The summed E-state index contributed by atoms with van der Waals surface area (Å²) < 4.78 is 0. The molecule has 0 radical (unpaired) electrons. The Labute approximate surface area is 73.3 Å². The van der Waals surface area contributed by atoms with Crippen LogP contribution in [0.15, 0.2) is 30.8 Å². The molecule has 0 amide bonds. The number of benzene rings is 1. The topological polar surface area (TPSA) is 23.9 Å². The molecular weight excluding hydrogens is 146 g/mol. The molecule has 0 unspecified atom stereocenters. The van der Waals surface area contributed by atoms with E-state index in [-0.39, 0.29) is 0 Å². The lowest BCUT2D eigenvalue weighted by Crippen LogP contribution is -1.91. The summed E-state index contributed by atoms with van der Waals surface area (Å²) in [7, 11) is 0. The molecule has 12 heavy (non-hydrogen) atoms. The van der Waals surface area contributed by atoms with Crippen LogP contribution in [-0.4, -0.2) is 5.71 Å². The van der Waals surface area contributed by atoms with E-state index in [1.54, 1.807) is 6.92 Å². The van der Waals surface area contributed by atoms with E-state index in [2.05, 4.69) is 6.58 Å². The second-order valence-corrected chi connectivity index (χ2v) is 2.98. The molecule has 1 N–H and O–H groups in total. The molecule has 0 aliphatic carbocycles. The lowest BCUT2D eigenvalue weighted by atomic mass is 10.1. The molecule has 0 bridgehead atoms. The lowest BCUT2D eigenvalue weighted by molar-refractivity contribution is 1.45. The summed E-state index contributed by atoms with van der Waals surface area (Å²) in [6, 6.07) is 7.89. The molecule has 1 rings (SSSR count). The summed E-state index contributed by atoms with van der Waals surface area (Å²) in [6.07, 6.45) is 0. The summed E-state index contributed by atoms with van der Waals surface area (Å²) in [5.41, 5.74) is 3.77. The molecule has 0 spiro atoms. The summed E-state index contributed by atoms with van der Waals surface area (Å²) in [5.74, 6) is 0. The monoisotopic (exact) mass is 159 g/mol. The van der Waals surface area contributed by atoms with E-state index in [9.17, 15) is 0 Å². The van der Waals surface area contributed by atoms with Crippen molar-refractivity contribution in [3.8, 4) is 0 Å². The molecule has 62 valence electrons. The molecule has 0 heterocycles. The molecule has 0 atom stereocenters. The Hall–Kier alpha value is -1.37. The fourth-order valence-electron chi connectivity index (χ4n) is 1.00. The van der Waals surface area contributed by atoms with E-state index in [4.69, 9.17) is 5.41 Å². The first kappa shape index (κ1) is 8.72. The minimum Gasteiger partial charge on any atom is -0.305 e. The normalized spacial score (nSPS) is 9.50. The first-order valence-corrected chi connectivity index (χ1v) is 3.92. The predicted molar refractivity (Wildman–Crippen MR) is 53.7 cm³/mol. The van der Waals surface area contributed by atoms with Gasteiger partial charge in [-0.1, -0.05) is 36.4 Å². The average molecular weight is 159 g/mol. The molecule has 1 aromatic rings. The Morgan fingerprint density at radius 2 is 1.50 bits per heavy atom. The first-order chi connectivity index (χ1) is 5.61. The van der Waals surface area contributed by atoms with Gasteiger partial charge in [0.1, 0.15) is 0 Å². The fraction of sp³-hybridized carbons (Fsp3) is 0.182. The van der Waals surface area contributed by atoms with Gasteiger partial charge in [0, 0.05) is 5.71 Å². The highest BCUT2D eigenvalue weighted by Gasteiger charge is 1.95. The van der Waals surface area contributed by atoms with Crippen molar-refractivity contribution < 1.29 is 0 Å². The Morgan fingerprint density at radius 1 is 1.08 bits per heavy atom. The van der Waals surface area contributed by atoms with E-state index < -0.39 is 0 Å². The Balaban J connectivity index is 3.01. The number of hydrogen-bond acceptors (Lipinski definition) is 1. The van der Waals surface area contributed by atoms with Crippen molar-refractivity contribution in [2.45, 2.75) is 13.8 Å². The standard InChI is InChI=1S/C11H13N/c1-8(2)10-4-6-11(7-5-10)9(3)12/h4-7,12H,1H2,2-3H3. The number of nitrogens with one attached hydrogen (secondary N) is 1. The van der Waals surface area contributed by atoms with Crippen LogP contribution in [0.25, 0.3) is 5.57 Å². The first-order valence-electron chi connectivity index (χ1n) is 3.92. The van der Waals surface area contributed by atoms with Gasteiger partial charge in [-0.2, -0.15) is 0 Å². The zero-order chi connectivity index (χ0) is 9.14. The molecule has 0 aliphatic heterocycles. The summed E-state index contributed by atoms with van der Waals surface area (Å²) in [6.45, 7) is 7.61. The van der Waals surface area contributed by atoms with Crippen LogP contribution in [0.4, 0.5) is 0 Å². The van der Waals surface area contributed by atoms with Crippen LogP contribution in [0.2, 0.25) is 0 Å². The molecule has 0 saturated carbocycles. The molecule has 0 aromatic heterocycles. The van der Waals surface area contributed by atoms with Crippen molar-refractivity contribution in [2.75, 3.05) is 0 Å². The van der Waals surface area contributed by atoms with E-state index in [0.29, 0.717) is 5.71 Å². The highest BCUT2D eigenvalue weighted by Crippen LogP contribution is 2.12. The maximum absolute atomic E-state index is 7.39. The van der Waals surface area contributed by atoms with Crippen molar-refractivity contribution in [3.63, 3.8) is 0 Å². The smallest absolute Gasteiger partial charge is 0.0355 e. The fourth-order valence-corrected chi connectivity index (χ4v) is 1.00. The van der Waals surface area contributed by atoms with E-state index in [1.807, 2.05) is 31.2 Å². The average Bonchev–Trinajstić information content (AvgIpc) is 2.04. The molecule has 0 saturated heterocycles. The van der Waals surface area contributed by atoms with Gasteiger partial charge in [-0.15, -0.1) is 0 Å². The highest BCUT2D eigenvalue weighted by molar-refractivity contribution is 5.96. The zero-order valence-electron chi connectivity index (χ0n) is 7.52.